The van der Waals surface area contributed by atoms with Crippen LogP contribution < -0.4 is 4.74 Å². The number of methoxy groups -OCH3 is 1. The molecule has 0 saturated carbocycles. The summed E-state index contributed by atoms with van der Waals surface area (Å²) >= 11 is 0. The number of nitro groups is 1. The van der Waals surface area contributed by atoms with Gasteiger partial charge in [-0.05, 0) is 48.6 Å². The Morgan fingerprint density at radius 2 is 1.88 bits per heavy atom. The van der Waals surface area contributed by atoms with Crippen LogP contribution in [0.25, 0.3) is 11.1 Å². The zero-order valence-electron chi connectivity index (χ0n) is 20.2. The molecule has 0 aliphatic carbocycles. The second kappa shape index (κ2) is 9.65. The van der Waals surface area contributed by atoms with Crippen molar-refractivity contribution in [2.45, 2.75) is 70.7 Å². The molecule has 2 aromatic rings. The highest BCUT2D eigenvalue weighted by Crippen LogP contribution is 2.36. The van der Waals surface area contributed by atoms with Gasteiger partial charge in [-0.15, -0.1) is 0 Å². The normalized spacial score (nSPS) is 16.8. The third-order valence-electron chi connectivity index (χ3n) is 5.74. The maximum Gasteiger partial charge on any atom is 0.270 e. The van der Waals surface area contributed by atoms with E-state index in [1.807, 2.05) is 29.2 Å². The lowest BCUT2D eigenvalue weighted by atomic mass is 9.96. The third-order valence-corrected chi connectivity index (χ3v) is 6.98. The first kappa shape index (κ1) is 24.9. The first-order chi connectivity index (χ1) is 15.4. The highest BCUT2D eigenvalue weighted by atomic mass is 28.2. The molecule has 1 heterocycles. The molecule has 0 N–H and O–H groups in total. The topological polar surface area (TPSA) is 81.9 Å². The van der Waals surface area contributed by atoms with E-state index >= 15 is 0 Å². The van der Waals surface area contributed by atoms with E-state index in [2.05, 4.69) is 34.6 Å². The Bertz CT molecular complexity index is 1030. The van der Waals surface area contributed by atoms with Crippen LogP contribution in [0, 0.1) is 10.1 Å². The zero-order chi connectivity index (χ0) is 24.4. The lowest BCUT2D eigenvalue weighted by Crippen LogP contribution is -2.49. The molecule has 1 amide bonds. The molecule has 33 heavy (non-hydrogen) atoms. The second-order valence-electron chi connectivity index (χ2n) is 9.98. The van der Waals surface area contributed by atoms with Gasteiger partial charge < -0.3 is 14.1 Å². The SMILES string of the molecule is COc1ccc(CN2C(=O)CC[C@H]2C(C)(C)O[Si]C(C)(C)C)cc1-c1cccc([N+](=O)[O-])c1. The molecule has 0 spiro atoms. The predicted octanol–water partition coefficient (Wildman–Crippen LogP) is 5.39. The summed E-state index contributed by atoms with van der Waals surface area (Å²) in [4.78, 5) is 25.5. The van der Waals surface area contributed by atoms with E-state index in [0.717, 1.165) is 17.5 Å². The fourth-order valence-electron chi connectivity index (χ4n) is 4.07. The van der Waals surface area contributed by atoms with Crippen molar-refractivity contribution in [1.82, 2.24) is 4.90 Å². The highest BCUT2D eigenvalue weighted by molar-refractivity contribution is 6.31. The minimum Gasteiger partial charge on any atom is -0.496 e. The number of hydrogen-bond acceptors (Lipinski definition) is 5. The monoisotopic (exact) mass is 468 g/mol. The lowest BCUT2D eigenvalue weighted by Gasteiger charge is -2.39. The van der Waals surface area contributed by atoms with Gasteiger partial charge in [0.05, 0.1) is 23.7 Å². The standard InChI is InChI=1S/C25H32N2O5Si/c1-24(2,3)33-32-25(4,5)22-12-13-23(28)26(22)16-17-10-11-21(31-6)20(14-17)18-8-7-9-19(15-18)27(29)30/h7-11,14-15,22H,12-13,16H2,1-6H3/t22-/m0/s1. The van der Waals surface area contributed by atoms with Crippen molar-refractivity contribution < 1.29 is 18.9 Å². The number of benzene rings is 2. The van der Waals surface area contributed by atoms with Crippen molar-refractivity contribution in [2.24, 2.45) is 0 Å². The number of carbonyl (C=O) groups excluding carboxylic acids is 1. The van der Waals surface area contributed by atoms with E-state index in [-0.39, 0.29) is 22.7 Å². The van der Waals surface area contributed by atoms with E-state index in [1.54, 1.807) is 13.2 Å². The molecule has 1 aliphatic heterocycles. The van der Waals surface area contributed by atoms with Gasteiger partial charge in [-0.2, -0.15) is 0 Å². The van der Waals surface area contributed by atoms with Gasteiger partial charge in [-0.25, -0.2) is 0 Å². The second-order valence-corrected chi connectivity index (χ2v) is 11.9. The van der Waals surface area contributed by atoms with E-state index < -0.39 is 10.5 Å². The van der Waals surface area contributed by atoms with Crippen molar-refractivity contribution in [1.29, 1.82) is 0 Å². The average Bonchev–Trinajstić information content (AvgIpc) is 3.13. The summed E-state index contributed by atoms with van der Waals surface area (Å²) in [7, 11) is 1.91. The van der Waals surface area contributed by atoms with E-state index in [9.17, 15) is 14.9 Å². The predicted molar refractivity (Wildman–Crippen MR) is 129 cm³/mol. The van der Waals surface area contributed by atoms with Gasteiger partial charge in [0.15, 0.2) is 0 Å². The summed E-state index contributed by atoms with van der Waals surface area (Å²) in [6, 6.07) is 12.2. The summed E-state index contributed by atoms with van der Waals surface area (Å²) in [6.07, 6.45) is 1.26. The first-order valence-electron chi connectivity index (χ1n) is 11.1. The van der Waals surface area contributed by atoms with Crippen LogP contribution in [-0.4, -0.2) is 44.2 Å². The molecule has 3 rings (SSSR count). The first-order valence-corrected chi connectivity index (χ1v) is 12.0. The number of nitro benzene ring substituents is 1. The summed E-state index contributed by atoms with van der Waals surface area (Å²) < 4.78 is 11.8. The lowest BCUT2D eigenvalue weighted by molar-refractivity contribution is -0.384. The number of rotatable bonds is 8. The molecular formula is C25H32N2O5Si. The molecular weight excluding hydrogens is 436 g/mol. The number of ether oxygens (including phenoxy) is 1. The van der Waals surface area contributed by atoms with Crippen LogP contribution in [0.1, 0.15) is 53.0 Å². The van der Waals surface area contributed by atoms with Crippen LogP contribution in [-0.2, 0) is 15.8 Å². The Hall–Kier alpha value is -2.71. The molecule has 2 radical (unpaired) electrons. The summed E-state index contributed by atoms with van der Waals surface area (Å²) in [5.74, 6) is 0.738. The Labute approximate surface area is 198 Å². The van der Waals surface area contributed by atoms with Crippen molar-refractivity contribution in [3.63, 3.8) is 0 Å². The maximum absolute atomic E-state index is 12.8. The Morgan fingerprint density at radius 1 is 1.15 bits per heavy atom. The van der Waals surface area contributed by atoms with Crippen LogP contribution in [0.2, 0.25) is 5.04 Å². The van der Waals surface area contributed by atoms with Crippen LogP contribution in [0.5, 0.6) is 5.75 Å². The fourth-order valence-corrected chi connectivity index (χ4v) is 4.78. The smallest absolute Gasteiger partial charge is 0.270 e. The molecule has 1 fully saturated rings. The summed E-state index contributed by atoms with van der Waals surface area (Å²) in [5.41, 5.74) is 1.95. The van der Waals surface area contributed by atoms with Crippen LogP contribution in [0.4, 0.5) is 5.69 Å². The minimum atomic E-state index is -0.465. The third kappa shape index (κ3) is 6.00. The quantitative estimate of drug-likeness (QED) is 0.295. The van der Waals surface area contributed by atoms with Crippen LogP contribution >= 0.6 is 0 Å². The number of non-ortho nitro benzene ring substituents is 1. The average molecular weight is 469 g/mol. The molecule has 0 bridgehead atoms. The summed E-state index contributed by atoms with van der Waals surface area (Å²) in [6.45, 7) is 11.0. The number of amides is 1. The van der Waals surface area contributed by atoms with E-state index in [1.165, 1.54) is 12.1 Å². The van der Waals surface area contributed by atoms with Crippen molar-refractivity contribution in [2.75, 3.05) is 7.11 Å². The van der Waals surface area contributed by atoms with Gasteiger partial charge in [-0.1, -0.05) is 39.0 Å². The summed E-state index contributed by atoms with van der Waals surface area (Å²) in [5, 5.41) is 11.3. The number of carbonyl (C=O) groups is 1. The van der Waals surface area contributed by atoms with Crippen molar-refractivity contribution in [3.8, 4) is 16.9 Å². The Balaban J connectivity index is 1.89. The van der Waals surface area contributed by atoms with Gasteiger partial charge >= 0.3 is 0 Å². The fraction of sp³-hybridized carbons (Fsp3) is 0.480. The largest absolute Gasteiger partial charge is 0.496 e. The molecule has 8 heteroatoms. The molecule has 0 unspecified atom stereocenters. The van der Waals surface area contributed by atoms with E-state index in [4.69, 9.17) is 9.16 Å². The number of likely N-dealkylation sites (tertiary alicyclic amines) is 1. The molecule has 0 aromatic heterocycles. The molecule has 1 atom stereocenters. The van der Waals surface area contributed by atoms with Crippen molar-refractivity contribution >= 4 is 21.4 Å². The Morgan fingerprint density at radius 3 is 2.52 bits per heavy atom. The van der Waals surface area contributed by atoms with Gasteiger partial charge in [0.25, 0.3) is 5.69 Å². The van der Waals surface area contributed by atoms with Crippen LogP contribution in [0.3, 0.4) is 0 Å². The maximum atomic E-state index is 12.8. The van der Waals surface area contributed by atoms with E-state index in [0.29, 0.717) is 34.0 Å². The molecule has 7 nitrogen and oxygen atoms in total. The van der Waals surface area contributed by atoms with Gasteiger partial charge in [0.2, 0.25) is 15.7 Å². The zero-order valence-corrected chi connectivity index (χ0v) is 21.2. The highest BCUT2D eigenvalue weighted by Gasteiger charge is 2.42. The van der Waals surface area contributed by atoms with Crippen LogP contribution in [0.15, 0.2) is 42.5 Å². The van der Waals surface area contributed by atoms with Gasteiger partial charge in [0, 0.05) is 30.7 Å². The van der Waals surface area contributed by atoms with Gasteiger partial charge in [-0.3, -0.25) is 14.9 Å². The Kier molecular flexibility index (Phi) is 7.28. The molecule has 1 aliphatic rings. The minimum absolute atomic E-state index is 0.0216. The number of hydrogen-bond donors (Lipinski definition) is 0. The van der Waals surface area contributed by atoms with Gasteiger partial charge in [0.1, 0.15) is 5.75 Å². The van der Waals surface area contributed by atoms with Crippen molar-refractivity contribution in [3.05, 3.63) is 58.1 Å². The molecule has 2 aromatic carbocycles. The molecule has 176 valence electrons. The number of nitrogens with zero attached hydrogens (tertiary/aromatic N) is 2. The molecule has 1 saturated heterocycles.